The molecule has 0 spiro atoms. The summed E-state index contributed by atoms with van der Waals surface area (Å²) in [4.78, 5) is 12.1. The van der Waals surface area contributed by atoms with Crippen molar-refractivity contribution in [3.05, 3.63) is 46.5 Å². The fraction of sp³-hybridized carbons (Fsp3) is 0.476. The van der Waals surface area contributed by atoms with Crippen molar-refractivity contribution in [1.82, 2.24) is 19.5 Å². The number of phosphoric acid groups is 1. The largest absolute Gasteiger partial charge is 0.478 e. The van der Waals surface area contributed by atoms with Gasteiger partial charge in [0.15, 0.2) is 29.3 Å². The molecule has 0 aliphatic carbocycles. The number of nitrogens with two attached hydrogens (primary N) is 1. The molecule has 2 saturated heterocycles. The molecule has 2 aliphatic rings. The number of imidazole rings is 1. The van der Waals surface area contributed by atoms with Crippen LogP contribution in [0.25, 0.3) is 11.2 Å². The van der Waals surface area contributed by atoms with Gasteiger partial charge in [-0.15, -0.1) is 0 Å². The van der Waals surface area contributed by atoms with E-state index in [1.165, 1.54) is 30.2 Å². The van der Waals surface area contributed by atoms with Gasteiger partial charge in [0, 0.05) is 16.5 Å². The molecule has 4 N–H and O–H groups in total. The van der Waals surface area contributed by atoms with Gasteiger partial charge in [-0.1, -0.05) is 15.9 Å². The van der Waals surface area contributed by atoms with E-state index < -0.39 is 55.4 Å². The number of nitrogen functional groups attached to an aromatic ring is 1. The summed E-state index contributed by atoms with van der Waals surface area (Å²) in [5.41, 5.74) is 2.88. The number of fused-ring (bicyclic) bond motifs is 1. The zero-order chi connectivity index (χ0) is 26.9. The second kappa shape index (κ2) is 8.99. The molecule has 0 amide bonds. The van der Waals surface area contributed by atoms with Crippen LogP contribution >= 0.6 is 23.8 Å². The van der Waals surface area contributed by atoms with Crippen LogP contribution < -0.4 is 5.73 Å². The first-order valence-electron chi connectivity index (χ1n) is 11.0. The van der Waals surface area contributed by atoms with Crippen molar-refractivity contribution in [1.29, 1.82) is 0 Å². The summed E-state index contributed by atoms with van der Waals surface area (Å²) in [5, 5.41) is 21.9. The highest BCUT2D eigenvalue weighted by Gasteiger charge is 2.58. The lowest BCUT2D eigenvalue weighted by atomic mass is 9.96. The Labute approximate surface area is 217 Å². The van der Waals surface area contributed by atoms with E-state index >= 15 is 0 Å². The molecule has 200 valence electrons. The highest BCUT2D eigenvalue weighted by Crippen LogP contribution is 2.63. The van der Waals surface area contributed by atoms with E-state index in [1.807, 2.05) is 0 Å². The molecule has 3 aromatic rings. The predicted octanol–water partition coefficient (Wildman–Crippen LogP) is 3.50. The Hall–Kier alpha value is -2.10. The number of ether oxygens (including phenoxy) is 1. The first-order chi connectivity index (χ1) is 17.2. The van der Waals surface area contributed by atoms with Gasteiger partial charge in [0.05, 0.1) is 11.9 Å². The van der Waals surface area contributed by atoms with Crippen molar-refractivity contribution in [3.63, 3.8) is 0 Å². The predicted molar refractivity (Wildman–Crippen MR) is 127 cm³/mol. The van der Waals surface area contributed by atoms with Crippen LogP contribution in [0.4, 0.5) is 14.6 Å². The zero-order valence-electron chi connectivity index (χ0n) is 19.7. The second-order valence-electron chi connectivity index (χ2n) is 9.60. The number of aliphatic hydroxyl groups excluding tert-OH is 1. The normalized spacial score (nSPS) is 33.7. The van der Waals surface area contributed by atoms with Crippen molar-refractivity contribution >= 4 is 40.7 Å². The molecule has 4 heterocycles. The summed E-state index contributed by atoms with van der Waals surface area (Å²) in [6.45, 7) is 4.40. The number of halogens is 3. The Bertz CT molecular complexity index is 1420. The van der Waals surface area contributed by atoms with Gasteiger partial charge in [-0.3, -0.25) is 18.1 Å². The van der Waals surface area contributed by atoms with Crippen molar-refractivity contribution in [2.24, 2.45) is 0 Å². The summed E-state index contributed by atoms with van der Waals surface area (Å²) >= 11 is 3.11. The third-order valence-electron chi connectivity index (χ3n) is 6.15. The Balaban J connectivity index is 1.45. The van der Waals surface area contributed by atoms with Crippen LogP contribution in [0.1, 0.15) is 45.1 Å². The monoisotopic (exact) mass is 605 g/mol. The number of nitrogens with zero attached hydrogens (tertiary/aromatic N) is 4. The average Bonchev–Trinajstić information content (AvgIpc) is 3.30. The molecule has 2 aromatic heterocycles. The van der Waals surface area contributed by atoms with Crippen LogP contribution in [0, 0.1) is 11.6 Å². The summed E-state index contributed by atoms with van der Waals surface area (Å²) in [5.74, 6) is -2.21. The number of rotatable bonds is 4. The van der Waals surface area contributed by atoms with Crippen LogP contribution in [-0.4, -0.2) is 53.3 Å². The Kier molecular flexibility index (Phi) is 6.44. The topological polar surface area (TPSA) is 164 Å². The van der Waals surface area contributed by atoms with E-state index in [-0.39, 0.29) is 33.4 Å². The number of benzene rings is 1. The molecule has 0 bridgehead atoms. The average molecular weight is 606 g/mol. The highest BCUT2D eigenvalue weighted by atomic mass is 79.9. The van der Waals surface area contributed by atoms with Crippen LogP contribution in [-0.2, 0) is 22.9 Å². The molecule has 0 saturated carbocycles. The molecule has 3 unspecified atom stereocenters. The number of hydrogen-bond acceptors (Lipinski definition) is 11. The summed E-state index contributed by atoms with van der Waals surface area (Å²) in [6.07, 6.45) is -3.54. The molecule has 12 nitrogen and oxygen atoms in total. The standard InChI is InChI=1S/C21H23BrF2N5O7P/c1-20(2)6-12(10-4-9(22)5-11(23)13(10)24)34-37(32,36-20)35-18-15(30)21(3,31)19(33-18)29-8-28-14-16(25)26-7-27-17(14)29/h4-5,7-8,12,15,18-19,30-31H,6H2,1-3H3,(H2,25,26,27)/t12?,15-,18?,19-,21-,37?/m1/s1. The van der Waals surface area contributed by atoms with Gasteiger partial charge in [0.25, 0.3) is 0 Å². The molecule has 0 radical (unpaired) electrons. The van der Waals surface area contributed by atoms with E-state index in [1.54, 1.807) is 13.8 Å². The van der Waals surface area contributed by atoms with Crippen LogP contribution in [0.3, 0.4) is 0 Å². The molecular formula is C21H23BrF2N5O7P. The lowest BCUT2D eigenvalue weighted by Crippen LogP contribution is -2.44. The van der Waals surface area contributed by atoms with E-state index in [9.17, 15) is 23.6 Å². The van der Waals surface area contributed by atoms with Gasteiger partial charge in [0.1, 0.15) is 29.7 Å². The molecule has 16 heteroatoms. The number of aromatic nitrogens is 4. The van der Waals surface area contributed by atoms with Crippen molar-refractivity contribution < 1.29 is 41.9 Å². The smallest absolute Gasteiger partial charge is 0.385 e. The van der Waals surface area contributed by atoms with E-state index in [0.29, 0.717) is 0 Å². The highest BCUT2D eigenvalue weighted by molar-refractivity contribution is 9.10. The maximum Gasteiger partial charge on any atom is 0.478 e. The first kappa shape index (κ1) is 26.5. The van der Waals surface area contributed by atoms with Gasteiger partial charge < -0.3 is 20.7 Å². The van der Waals surface area contributed by atoms with Gasteiger partial charge in [-0.2, -0.15) is 0 Å². The maximum atomic E-state index is 14.6. The third kappa shape index (κ3) is 4.68. The van der Waals surface area contributed by atoms with Crippen molar-refractivity contribution in [3.8, 4) is 0 Å². The first-order valence-corrected chi connectivity index (χ1v) is 13.3. The number of phosphoric ester groups is 1. The zero-order valence-corrected chi connectivity index (χ0v) is 22.2. The Morgan fingerprint density at radius 1 is 1.27 bits per heavy atom. The van der Waals surface area contributed by atoms with Crippen molar-refractivity contribution in [2.45, 2.75) is 63.1 Å². The molecule has 37 heavy (non-hydrogen) atoms. The minimum atomic E-state index is -4.58. The minimum absolute atomic E-state index is 0.00370. The fourth-order valence-corrected chi connectivity index (χ4v) is 6.57. The van der Waals surface area contributed by atoms with Crippen molar-refractivity contribution in [2.75, 3.05) is 5.73 Å². The quantitative estimate of drug-likeness (QED) is 0.294. The summed E-state index contributed by atoms with van der Waals surface area (Å²) < 4.78 is 66.2. The SMILES string of the molecule is CC1(C)CC(c2cc(Br)cc(F)c2F)OP(=O)(OC2O[C@@H](n3cnc4c(N)ncnc43)[C@](C)(O)[C@@H]2O)O1. The van der Waals surface area contributed by atoms with Gasteiger partial charge in [-0.05, 0) is 32.9 Å². The Morgan fingerprint density at radius 2 is 2.00 bits per heavy atom. The molecule has 6 atom stereocenters. The molecular weight excluding hydrogens is 583 g/mol. The van der Waals surface area contributed by atoms with Crippen LogP contribution in [0.2, 0.25) is 0 Å². The molecule has 2 fully saturated rings. The van der Waals surface area contributed by atoms with Crippen LogP contribution in [0.5, 0.6) is 0 Å². The van der Waals surface area contributed by atoms with E-state index in [2.05, 4.69) is 30.9 Å². The maximum absolute atomic E-state index is 14.6. The summed E-state index contributed by atoms with van der Waals surface area (Å²) in [6, 6.07) is 2.25. The van der Waals surface area contributed by atoms with Gasteiger partial charge in [0.2, 0.25) is 6.29 Å². The molecule has 1 aromatic carbocycles. The lowest BCUT2D eigenvalue weighted by Gasteiger charge is -2.40. The Morgan fingerprint density at radius 3 is 2.73 bits per heavy atom. The number of anilines is 1. The fourth-order valence-electron chi connectivity index (χ4n) is 4.38. The number of hydrogen-bond donors (Lipinski definition) is 3. The summed E-state index contributed by atoms with van der Waals surface area (Å²) in [7, 11) is -4.58. The van der Waals surface area contributed by atoms with E-state index in [0.717, 1.165) is 6.07 Å². The third-order valence-corrected chi connectivity index (χ3v) is 8.31. The minimum Gasteiger partial charge on any atom is -0.385 e. The van der Waals surface area contributed by atoms with Crippen LogP contribution in [0.15, 0.2) is 29.3 Å². The number of aliphatic hydroxyl groups is 2. The lowest BCUT2D eigenvalue weighted by molar-refractivity contribution is -0.156. The molecule has 2 aliphatic heterocycles. The van der Waals surface area contributed by atoms with E-state index in [4.69, 9.17) is 24.0 Å². The van der Waals surface area contributed by atoms with Gasteiger partial charge in [-0.25, -0.2) is 28.3 Å². The van der Waals surface area contributed by atoms with Gasteiger partial charge >= 0.3 is 7.82 Å². The second-order valence-corrected chi connectivity index (χ2v) is 12.0. The molecule has 5 rings (SSSR count).